The number of guanidine groups is 1. The van der Waals surface area contributed by atoms with Crippen molar-refractivity contribution < 1.29 is 47.9 Å². The Kier molecular flexibility index (Phi) is 24.8. The predicted molar refractivity (Wildman–Crippen MR) is 299 cm³/mol. The molecule has 3 fully saturated rings. The predicted octanol–water partition coefficient (Wildman–Crippen LogP) is -0.0818. The van der Waals surface area contributed by atoms with Crippen LogP contribution in [0.1, 0.15) is 103 Å². The molecule has 1 aliphatic carbocycles. The van der Waals surface area contributed by atoms with Crippen LogP contribution in [-0.2, 0) is 56.0 Å². The Balaban J connectivity index is 1.44. The lowest BCUT2D eigenvalue weighted by atomic mass is 9.85. The third-order valence-electron chi connectivity index (χ3n) is 13.7. The highest BCUT2D eigenvalue weighted by atomic mass is 33.1. The van der Waals surface area contributed by atoms with Crippen LogP contribution in [0.2, 0.25) is 0 Å². The number of nitrogens with one attached hydrogen (secondary N) is 7. The van der Waals surface area contributed by atoms with Crippen molar-refractivity contribution in [3.8, 4) is 5.75 Å². The van der Waals surface area contributed by atoms with Crippen molar-refractivity contribution >= 4 is 80.7 Å². The molecule has 2 heterocycles. The highest BCUT2D eigenvalue weighted by molar-refractivity contribution is 8.77. The summed E-state index contributed by atoms with van der Waals surface area (Å²) in [6.45, 7) is 6.21. The maximum absolute atomic E-state index is 14.8. The fourth-order valence-corrected chi connectivity index (χ4v) is 13.0. The van der Waals surface area contributed by atoms with E-state index in [0.717, 1.165) is 19.3 Å². The average Bonchev–Trinajstić information content (AvgIpc) is 3.90. The Morgan fingerprint density at radius 3 is 2.06 bits per heavy atom. The summed E-state index contributed by atoms with van der Waals surface area (Å²) < 4.78 is 4.97. The Morgan fingerprint density at radius 2 is 1.41 bits per heavy atom. The first kappa shape index (κ1) is 62.2. The first-order valence-electron chi connectivity index (χ1n) is 26.8. The molecular weight excluding hydrogens is 1040 g/mol. The molecule has 7 atom stereocenters. The van der Waals surface area contributed by atoms with Crippen LogP contribution in [0.3, 0.4) is 0 Å². The molecule has 428 valence electrons. The van der Waals surface area contributed by atoms with E-state index in [0.29, 0.717) is 68.6 Å². The summed E-state index contributed by atoms with van der Waals surface area (Å²) >= 11 is 0. The van der Waals surface area contributed by atoms with Crippen molar-refractivity contribution in [3.05, 3.63) is 65.7 Å². The van der Waals surface area contributed by atoms with E-state index < -0.39 is 113 Å². The number of nitrogens with zero attached hydrogens (tertiary/aromatic N) is 2. The second-order valence-corrected chi connectivity index (χ2v) is 23.1. The zero-order chi connectivity index (χ0) is 56.8. The quantitative estimate of drug-likeness (QED) is 0.0379. The molecule has 2 aliphatic heterocycles. The van der Waals surface area contributed by atoms with Gasteiger partial charge >= 0.3 is 0 Å². The minimum Gasteiger partial charge on any atom is -0.494 e. The van der Waals surface area contributed by atoms with Gasteiger partial charge in [-0.1, -0.05) is 97.2 Å². The molecule has 9 amide bonds. The normalized spacial score (nSPS) is 23.1. The second-order valence-electron chi connectivity index (χ2n) is 20.3. The van der Waals surface area contributed by atoms with E-state index in [9.17, 15) is 43.2 Å². The van der Waals surface area contributed by atoms with Crippen LogP contribution in [0, 0.1) is 5.92 Å². The van der Waals surface area contributed by atoms with Gasteiger partial charge in [0, 0.05) is 55.9 Å². The van der Waals surface area contributed by atoms with Crippen molar-refractivity contribution in [3.63, 3.8) is 0 Å². The van der Waals surface area contributed by atoms with E-state index in [2.05, 4.69) is 42.2 Å². The molecular formula is C53H79N13O10S2. The molecule has 15 N–H and O–H groups in total. The molecule has 1 spiro atoms. The Hall–Kier alpha value is -6.60. The molecule has 0 unspecified atom stereocenters. The number of hydrogen-bond acceptors (Lipinski definition) is 14. The molecule has 0 aromatic heterocycles. The Morgan fingerprint density at radius 1 is 0.782 bits per heavy atom. The average molecular weight is 1120 g/mol. The largest absolute Gasteiger partial charge is 0.494 e. The highest BCUT2D eigenvalue weighted by Gasteiger charge is 2.42. The number of rotatable bonds is 19. The Bertz CT molecular complexity index is 2410. The van der Waals surface area contributed by atoms with Crippen LogP contribution in [-0.4, -0.2) is 150 Å². The fourth-order valence-electron chi connectivity index (χ4n) is 9.60. The van der Waals surface area contributed by atoms with E-state index in [1.165, 1.54) is 26.5 Å². The zero-order valence-electron chi connectivity index (χ0n) is 44.9. The number of hydrogen-bond donors (Lipinski definition) is 11. The van der Waals surface area contributed by atoms with Gasteiger partial charge in [0.15, 0.2) is 5.96 Å². The lowest BCUT2D eigenvalue weighted by molar-refractivity contribution is -0.141. The van der Waals surface area contributed by atoms with Crippen LogP contribution in [0.15, 0.2) is 59.6 Å². The maximum Gasteiger partial charge on any atom is 0.246 e. The second kappa shape index (κ2) is 31.1. The number of amides is 9. The van der Waals surface area contributed by atoms with Gasteiger partial charge in [-0.3, -0.25) is 48.1 Å². The van der Waals surface area contributed by atoms with E-state index in [1.54, 1.807) is 68.4 Å². The van der Waals surface area contributed by atoms with Gasteiger partial charge in [-0.15, -0.1) is 0 Å². The van der Waals surface area contributed by atoms with Gasteiger partial charge < -0.3 is 69.8 Å². The minimum absolute atomic E-state index is 0.000398. The summed E-state index contributed by atoms with van der Waals surface area (Å²) in [7, 11) is 2.67. The summed E-state index contributed by atoms with van der Waals surface area (Å²) in [5.74, 6) is -6.08. The molecule has 2 aromatic carbocycles. The van der Waals surface area contributed by atoms with Gasteiger partial charge in [-0.2, -0.15) is 0 Å². The number of likely N-dealkylation sites (tertiary alicyclic amines) is 1. The number of ether oxygens (including phenoxy) is 1. The molecule has 2 aromatic rings. The summed E-state index contributed by atoms with van der Waals surface area (Å²) in [4.78, 5) is 131. The fraction of sp³-hybridized carbons (Fsp3) is 0.585. The standard InChI is InChI=1S/C53H79N13O10S2/c1-4-76-35-19-17-34(18-20-35)28-37-46(70)62-38(27-33-13-7-5-8-14-33)48(72)65-44(32(2)3)50(74)63-39(29-42(55)67)47(71)64-40(31-77-78-53(30-43(68)61-37)21-9-6-10-22-53)51(75)66-26-12-16-41(66)49(73)59-25-24-58-45(69)36(54)15-11-23-60-52(56)57/h5,7-8,13-14,17-20,32,36-41,44H,4,6,9-12,15-16,21-31,54H2,1-3H3,(H2,55,67)(H,58,69)(H,59,73)(H,61,68)(H,62,70)(H,63,74)(H,64,71)(H,65,72)(H4,56,57,60)/t36-,37-,38+,39+,40+,41+,44+/m1/s1. The van der Waals surface area contributed by atoms with E-state index in [1.807, 2.05) is 6.92 Å². The Labute approximate surface area is 464 Å². The van der Waals surface area contributed by atoms with Gasteiger partial charge in [-0.05, 0) is 74.6 Å². The van der Waals surface area contributed by atoms with Crippen LogP contribution in [0.5, 0.6) is 5.75 Å². The number of aliphatic imine (C=N–C) groups is 1. The number of nitrogens with two attached hydrogens (primary N) is 4. The van der Waals surface area contributed by atoms with Crippen LogP contribution >= 0.6 is 21.6 Å². The van der Waals surface area contributed by atoms with Crippen molar-refractivity contribution in [2.24, 2.45) is 33.8 Å². The molecule has 78 heavy (non-hydrogen) atoms. The molecule has 2 saturated heterocycles. The summed E-state index contributed by atoms with van der Waals surface area (Å²) in [5.41, 5.74) is 23.8. The lowest BCUT2D eigenvalue weighted by Gasteiger charge is -2.37. The monoisotopic (exact) mass is 1120 g/mol. The third kappa shape index (κ3) is 19.7. The highest BCUT2D eigenvalue weighted by Crippen LogP contribution is 2.48. The molecule has 23 nitrogen and oxygen atoms in total. The number of carbonyl (C=O) groups is 9. The first-order valence-corrected chi connectivity index (χ1v) is 29.1. The van der Waals surface area contributed by atoms with Crippen LogP contribution in [0.25, 0.3) is 0 Å². The topological polar surface area (TPSA) is 367 Å². The minimum atomic E-state index is -1.61. The van der Waals surface area contributed by atoms with Gasteiger partial charge in [0.1, 0.15) is 42.0 Å². The zero-order valence-corrected chi connectivity index (χ0v) is 46.5. The summed E-state index contributed by atoms with van der Waals surface area (Å²) in [5, 5.41) is 19.5. The lowest BCUT2D eigenvalue weighted by Crippen LogP contribution is -2.61. The number of carbonyl (C=O) groups excluding carboxylic acids is 9. The first-order chi connectivity index (χ1) is 37.3. The molecule has 0 bridgehead atoms. The van der Waals surface area contributed by atoms with Crippen LogP contribution < -0.4 is 64.9 Å². The maximum atomic E-state index is 14.8. The molecule has 1 saturated carbocycles. The van der Waals surface area contributed by atoms with Crippen LogP contribution in [0.4, 0.5) is 0 Å². The molecule has 25 heteroatoms. The smallest absolute Gasteiger partial charge is 0.246 e. The van der Waals surface area contributed by atoms with Gasteiger partial charge in [0.05, 0.1) is 19.1 Å². The van der Waals surface area contributed by atoms with E-state index >= 15 is 0 Å². The summed E-state index contributed by atoms with van der Waals surface area (Å²) in [6.07, 6.45) is 4.76. The third-order valence-corrected chi connectivity index (χ3v) is 17.0. The van der Waals surface area contributed by atoms with Gasteiger partial charge in [0.25, 0.3) is 0 Å². The van der Waals surface area contributed by atoms with E-state index in [-0.39, 0.29) is 50.6 Å². The molecule has 3 aliphatic rings. The van der Waals surface area contributed by atoms with Gasteiger partial charge in [-0.25, -0.2) is 0 Å². The van der Waals surface area contributed by atoms with E-state index in [4.69, 9.17) is 27.7 Å². The number of benzene rings is 2. The summed E-state index contributed by atoms with van der Waals surface area (Å²) in [6, 6.07) is 7.70. The molecule has 5 rings (SSSR count). The van der Waals surface area contributed by atoms with Gasteiger partial charge in [0.2, 0.25) is 53.2 Å². The van der Waals surface area contributed by atoms with Crippen molar-refractivity contribution in [1.82, 2.24) is 42.1 Å². The molecule has 0 radical (unpaired) electrons. The number of primary amides is 1. The SMILES string of the molecule is CCOc1ccc(C[C@H]2NC(=O)CC3(CCCCC3)SSC[C@@H](C(=O)N3CCC[C@H]3C(=O)NCCNC(=O)[C@H](N)CCCN=C(N)N)NC(=O)[C@H](CC(N)=O)NC(=O)[C@H](C(C)C)NC(=O)[C@H](Cc3ccccc3)NC2=O)cc1. The van der Waals surface area contributed by atoms with Crippen molar-refractivity contribution in [1.29, 1.82) is 0 Å². The van der Waals surface area contributed by atoms with Crippen molar-refractivity contribution in [2.75, 3.05) is 38.5 Å². The van der Waals surface area contributed by atoms with Crippen molar-refractivity contribution in [2.45, 2.75) is 151 Å².